The second-order valence-electron chi connectivity index (χ2n) is 22.0. The number of thiazole rings is 1. The fraction of sp³-hybridized carbons (Fsp3) is 0.500. The third kappa shape index (κ3) is 14.3. The number of nitrogens with two attached hydrogens (primary N) is 1. The maximum atomic E-state index is 14.3. The SMILES string of the molecule is Cc1ncsc1-c1ccc([C@H](C)NC(=O)[C@@H]2C[C@@H](O)CN2C(=O)[C@@H](NC(=O)CCCc2cccc(OC[C@H](CCC(N)=O)NC(=O)[C@@H]3Cc4cccc5c4N3C(=O)[C@@H](NC(=O)OC(C)(C)C)CC5)c2)C(C)(C)C)cc1. The van der Waals surface area contributed by atoms with E-state index in [-0.39, 0.29) is 63.1 Å². The summed E-state index contributed by atoms with van der Waals surface area (Å²) in [5.41, 5.74) is 12.0. The summed E-state index contributed by atoms with van der Waals surface area (Å²) in [6, 6.07) is 16.1. The van der Waals surface area contributed by atoms with E-state index in [4.69, 9.17) is 15.2 Å². The first-order valence-corrected chi connectivity index (χ1v) is 26.7. The number of nitrogens with one attached hydrogen (secondary N) is 4. The van der Waals surface area contributed by atoms with Crippen LogP contribution in [0.4, 0.5) is 10.5 Å². The lowest BCUT2D eigenvalue weighted by molar-refractivity contribution is -0.144. The monoisotopic (exact) mass is 1050 g/mol. The molecular weight excluding hydrogens is 977 g/mol. The Bertz CT molecular complexity index is 2750. The molecule has 18 nitrogen and oxygen atoms in total. The van der Waals surface area contributed by atoms with Crippen molar-refractivity contribution in [1.29, 1.82) is 0 Å². The average Bonchev–Trinajstić information content (AvgIpc) is 4.06. The number of ether oxygens (including phenoxy) is 2. The number of para-hydroxylation sites is 1. The van der Waals surface area contributed by atoms with Crippen molar-refractivity contribution in [3.05, 3.63) is 100 Å². The van der Waals surface area contributed by atoms with Crippen molar-refractivity contribution in [2.75, 3.05) is 18.1 Å². The van der Waals surface area contributed by atoms with Crippen LogP contribution < -0.4 is 36.6 Å². The smallest absolute Gasteiger partial charge is 0.408 e. The van der Waals surface area contributed by atoms with Gasteiger partial charge in [-0.2, -0.15) is 0 Å². The molecule has 1 fully saturated rings. The summed E-state index contributed by atoms with van der Waals surface area (Å²) in [5.74, 6) is -2.10. The Morgan fingerprint density at radius 3 is 2.29 bits per heavy atom. The lowest BCUT2D eigenvalue weighted by atomic mass is 9.85. The second kappa shape index (κ2) is 23.8. The highest BCUT2D eigenvalue weighted by Crippen LogP contribution is 2.39. The lowest BCUT2D eigenvalue weighted by Gasteiger charge is -2.35. The molecule has 4 aromatic rings. The van der Waals surface area contributed by atoms with Crippen LogP contribution in [0.5, 0.6) is 5.75 Å². The highest BCUT2D eigenvalue weighted by Gasteiger charge is 2.46. The summed E-state index contributed by atoms with van der Waals surface area (Å²) in [4.78, 5) is 103. The summed E-state index contributed by atoms with van der Waals surface area (Å²) in [5, 5.41) is 22.4. The number of hydrogen-bond donors (Lipinski definition) is 6. The molecule has 0 aliphatic carbocycles. The van der Waals surface area contributed by atoms with Gasteiger partial charge in [0.2, 0.25) is 35.4 Å². The molecule has 402 valence electrons. The van der Waals surface area contributed by atoms with E-state index in [0.29, 0.717) is 37.1 Å². The molecule has 3 aliphatic rings. The molecule has 1 saturated heterocycles. The number of likely N-dealkylation sites (tertiary alicyclic amines) is 1. The van der Waals surface area contributed by atoms with Crippen molar-refractivity contribution in [1.82, 2.24) is 31.2 Å². The van der Waals surface area contributed by atoms with Gasteiger partial charge in [0.25, 0.3) is 0 Å². The number of β-amino-alcohol motifs (C(OH)–C–C–N with tert-alkyl or cyclic N) is 1. The van der Waals surface area contributed by atoms with Gasteiger partial charge in [0.15, 0.2) is 0 Å². The zero-order valence-electron chi connectivity index (χ0n) is 44.2. The number of amides is 7. The van der Waals surface area contributed by atoms with Crippen molar-refractivity contribution < 1.29 is 48.1 Å². The molecule has 1 aromatic heterocycles. The van der Waals surface area contributed by atoms with Crippen LogP contribution >= 0.6 is 11.3 Å². The van der Waals surface area contributed by atoms with Gasteiger partial charge in [0.05, 0.1) is 40.0 Å². The Hall–Kier alpha value is -6.86. The van der Waals surface area contributed by atoms with Gasteiger partial charge in [-0.05, 0) is 112 Å². The largest absolute Gasteiger partial charge is 0.491 e. The number of primary amides is 1. The van der Waals surface area contributed by atoms with Crippen LogP contribution in [0.15, 0.2) is 72.2 Å². The molecule has 7 N–H and O–H groups in total. The zero-order chi connectivity index (χ0) is 54.4. The molecule has 0 radical (unpaired) electrons. The molecule has 7 rings (SSSR count). The number of aryl methyl sites for hydroxylation is 3. The molecule has 0 spiro atoms. The van der Waals surface area contributed by atoms with Gasteiger partial charge in [0, 0.05) is 32.2 Å². The van der Waals surface area contributed by atoms with E-state index in [0.717, 1.165) is 38.4 Å². The van der Waals surface area contributed by atoms with Crippen LogP contribution in [-0.4, -0.2) is 112 Å². The Balaban J connectivity index is 0.928. The topological polar surface area (TPSA) is 252 Å². The first-order valence-electron chi connectivity index (χ1n) is 25.8. The molecule has 7 amide bonds. The zero-order valence-corrected chi connectivity index (χ0v) is 45.0. The number of aliphatic hydroxyl groups excluding tert-OH is 1. The van der Waals surface area contributed by atoms with Gasteiger partial charge in [-0.25, -0.2) is 9.78 Å². The fourth-order valence-corrected chi connectivity index (χ4v) is 10.7. The molecule has 75 heavy (non-hydrogen) atoms. The summed E-state index contributed by atoms with van der Waals surface area (Å²) < 4.78 is 11.6. The van der Waals surface area contributed by atoms with Crippen LogP contribution in [0, 0.1) is 12.3 Å². The van der Waals surface area contributed by atoms with Crippen LogP contribution in [0.2, 0.25) is 0 Å². The van der Waals surface area contributed by atoms with Crippen molar-refractivity contribution in [2.24, 2.45) is 11.1 Å². The van der Waals surface area contributed by atoms with Crippen LogP contribution in [0.1, 0.15) is 121 Å². The van der Waals surface area contributed by atoms with Crippen molar-refractivity contribution >= 4 is 58.6 Å². The quantitative estimate of drug-likeness (QED) is 0.0661. The second-order valence-corrected chi connectivity index (χ2v) is 22.8. The van der Waals surface area contributed by atoms with E-state index < -0.39 is 77.1 Å². The van der Waals surface area contributed by atoms with E-state index in [2.05, 4.69) is 26.3 Å². The molecule has 0 saturated carbocycles. The Morgan fingerprint density at radius 1 is 0.907 bits per heavy atom. The number of anilines is 1. The van der Waals surface area contributed by atoms with Crippen LogP contribution in [0.3, 0.4) is 0 Å². The number of benzene rings is 3. The van der Waals surface area contributed by atoms with Crippen molar-refractivity contribution in [3.8, 4) is 16.2 Å². The third-order valence-electron chi connectivity index (χ3n) is 13.8. The summed E-state index contributed by atoms with van der Waals surface area (Å²) >= 11 is 1.56. The van der Waals surface area contributed by atoms with Crippen LogP contribution in [-0.2, 0) is 52.8 Å². The van der Waals surface area contributed by atoms with Gasteiger partial charge in [0.1, 0.15) is 42.1 Å². The molecule has 0 bridgehead atoms. The maximum absolute atomic E-state index is 14.3. The highest BCUT2D eigenvalue weighted by molar-refractivity contribution is 7.13. The Morgan fingerprint density at radius 2 is 1.61 bits per heavy atom. The molecular formula is C56H72N8O10S. The lowest BCUT2D eigenvalue weighted by Crippen LogP contribution is -2.57. The summed E-state index contributed by atoms with van der Waals surface area (Å²) in [6.07, 6.45) is 0.673. The number of carbonyl (C=O) groups is 7. The molecule has 0 unspecified atom stereocenters. The Labute approximate surface area is 442 Å². The fourth-order valence-electron chi connectivity index (χ4n) is 9.92. The van der Waals surface area contributed by atoms with Crippen molar-refractivity contribution in [3.63, 3.8) is 0 Å². The minimum Gasteiger partial charge on any atom is -0.491 e. The number of rotatable bonds is 19. The van der Waals surface area contributed by atoms with E-state index in [1.165, 1.54) is 9.80 Å². The summed E-state index contributed by atoms with van der Waals surface area (Å²) in [7, 11) is 0. The Kier molecular flexibility index (Phi) is 17.7. The summed E-state index contributed by atoms with van der Waals surface area (Å²) in [6.45, 7) is 14.5. The van der Waals surface area contributed by atoms with Gasteiger partial charge in [-0.15, -0.1) is 11.3 Å². The van der Waals surface area contributed by atoms with E-state index >= 15 is 0 Å². The molecule has 7 atom stereocenters. The van der Waals surface area contributed by atoms with E-state index in [1.807, 2.05) is 95.3 Å². The molecule has 3 aromatic carbocycles. The normalized spacial score (nSPS) is 19.5. The predicted octanol–water partition coefficient (Wildman–Crippen LogP) is 5.74. The standard InChI is InChI=1S/C56H72N8O10S/c1-32(35-18-20-37(21-19-35)48-33(2)58-31-75-48)59-50(68)43-28-40(65)29-63(43)53(71)49(55(3,4)5)62-46(67)17-10-13-34-12-9-16-41(26-34)73-30-39(23-25-45(57)66)60-51(69)44-27-38-15-11-14-36-22-24-42(52(70)64(44)47(36)38)61-54(72)74-56(6,7)8/h9,11-12,14-16,18-21,26,31-32,39-40,42-44,49,65H,10,13,17,22-25,27-30H2,1-8H3,(H2,57,66)(H,59,68)(H,60,69)(H,61,72)(H,62,67)/t32-,39-,40+,42-,43-,44-,49+/m0/s1. The number of hydrogen-bond acceptors (Lipinski definition) is 12. The predicted molar refractivity (Wildman–Crippen MR) is 284 cm³/mol. The number of aromatic nitrogens is 1. The van der Waals surface area contributed by atoms with Gasteiger partial charge >= 0.3 is 6.09 Å². The number of aliphatic hydroxyl groups is 1. The highest BCUT2D eigenvalue weighted by atomic mass is 32.1. The number of carbonyl (C=O) groups excluding carboxylic acids is 7. The van der Waals surface area contributed by atoms with Crippen molar-refractivity contribution in [2.45, 2.75) is 161 Å². The van der Waals surface area contributed by atoms with Gasteiger partial charge in [-0.3, -0.25) is 33.7 Å². The third-order valence-corrected chi connectivity index (χ3v) is 14.7. The minimum atomic E-state index is -0.977. The van der Waals surface area contributed by atoms with E-state index in [9.17, 15) is 38.7 Å². The average molecular weight is 1050 g/mol. The first-order chi connectivity index (χ1) is 35.4. The van der Waals surface area contributed by atoms with Gasteiger partial charge in [-0.1, -0.05) is 75.4 Å². The minimum absolute atomic E-state index is 0.0213. The van der Waals surface area contributed by atoms with E-state index in [1.54, 1.807) is 43.7 Å². The molecule has 4 heterocycles. The molecule has 3 aliphatic heterocycles. The maximum Gasteiger partial charge on any atom is 0.408 e. The molecule has 19 heteroatoms. The number of alkyl carbamates (subject to hydrolysis) is 1. The van der Waals surface area contributed by atoms with Crippen LogP contribution in [0.25, 0.3) is 10.4 Å². The number of nitrogens with zero attached hydrogens (tertiary/aromatic N) is 3. The van der Waals surface area contributed by atoms with Gasteiger partial charge < -0.3 is 46.5 Å². The first kappa shape index (κ1) is 55.9.